The van der Waals surface area contributed by atoms with Gasteiger partial charge < -0.3 is 14.5 Å². The van der Waals surface area contributed by atoms with Crippen molar-refractivity contribution in [2.45, 2.75) is 38.3 Å². The summed E-state index contributed by atoms with van der Waals surface area (Å²) in [7, 11) is 4.16. The molecule has 29 heavy (non-hydrogen) atoms. The first-order valence-electron chi connectivity index (χ1n) is 10.9. The number of likely N-dealkylation sites (tertiary alicyclic amines) is 2. The van der Waals surface area contributed by atoms with Crippen molar-refractivity contribution in [3.63, 3.8) is 0 Å². The van der Waals surface area contributed by atoms with Gasteiger partial charge in [0.2, 0.25) is 0 Å². The van der Waals surface area contributed by atoms with Gasteiger partial charge in [-0.3, -0.25) is 9.69 Å². The number of hydrogen-bond donors (Lipinski definition) is 0. The fourth-order valence-corrected chi connectivity index (χ4v) is 4.87. The van der Waals surface area contributed by atoms with Crippen LogP contribution in [-0.2, 0) is 0 Å². The molecule has 1 atom stereocenters. The highest BCUT2D eigenvalue weighted by Gasteiger charge is 2.34. The van der Waals surface area contributed by atoms with E-state index in [9.17, 15) is 4.79 Å². The summed E-state index contributed by atoms with van der Waals surface area (Å²) in [5.74, 6) is 0.758. The molecule has 2 aliphatic rings. The Morgan fingerprint density at radius 1 is 1.10 bits per heavy atom. The first kappa shape index (κ1) is 20.2. The van der Waals surface area contributed by atoms with Crippen molar-refractivity contribution >= 4 is 16.7 Å². The average molecular weight is 396 g/mol. The summed E-state index contributed by atoms with van der Waals surface area (Å²) in [5, 5.41) is 2.05. The summed E-state index contributed by atoms with van der Waals surface area (Å²) in [6.07, 6.45) is 3.51. The number of likely N-dealkylation sites (N-methyl/N-ethyl adjacent to an activating group) is 1. The van der Waals surface area contributed by atoms with E-state index < -0.39 is 0 Å². The zero-order valence-corrected chi connectivity index (χ0v) is 17.9. The van der Waals surface area contributed by atoms with Crippen molar-refractivity contribution in [2.75, 3.05) is 46.9 Å². The van der Waals surface area contributed by atoms with Crippen molar-refractivity contribution in [3.05, 3.63) is 42.0 Å². The van der Waals surface area contributed by atoms with Gasteiger partial charge in [-0.15, -0.1) is 0 Å². The van der Waals surface area contributed by atoms with Gasteiger partial charge in [-0.05, 0) is 63.2 Å². The van der Waals surface area contributed by atoms with Gasteiger partial charge >= 0.3 is 0 Å². The highest BCUT2D eigenvalue weighted by molar-refractivity contribution is 6.09. The van der Waals surface area contributed by atoms with E-state index in [0.717, 1.165) is 30.3 Å². The molecule has 2 aromatic rings. The Hall–Kier alpha value is -2.11. The molecule has 5 nitrogen and oxygen atoms in total. The van der Waals surface area contributed by atoms with E-state index in [-0.39, 0.29) is 11.9 Å². The highest BCUT2D eigenvalue weighted by Crippen LogP contribution is 2.31. The molecule has 2 saturated heterocycles. The van der Waals surface area contributed by atoms with Crippen molar-refractivity contribution in [3.8, 4) is 5.75 Å². The third-order valence-corrected chi connectivity index (χ3v) is 6.67. The number of amides is 1. The predicted molar refractivity (Wildman–Crippen MR) is 118 cm³/mol. The number of rotatable bonds is 5. The maximum absolute atomic E-state index is 13.6. The van der Waals surface area contributed by atoms with Crippen LogP contribution >= 0.6 is 0 Å². The molecule has 1 amide bonds. The second kappa shape index (κ2) is 8.72. The van der Waals surface area contributed by atoms with Crippen LogP contribution in [0, 0.1) is 0 Å². The minimum absolute atomic E-state index is 0.0699. The summed E-state index contributed by atoms with van der Waals surface area (Å²) < 4.78 is 5.84. The van der Waals surface area contributed by atoms with Gasteiger partial charge in [0.1, 0.15) is 5.75 Å². The molecule has 0 aliphatic carbocycles. The van der Waals surface area contributed by atoms with Gasteiger partial charge in [0.15, 0.2) is 0 Å². The predicted octanol–water partition coefficient (Wildman–Crippen LogP) is 3.48. The number of nitrogens with zero attached hydrogens (tertiary/aromatic N) is 3. The summed E-state index contributed by atoms with van der Waals surface area (Å²) in [6, 6.07) is 13.0. The second-order valence-electron chi connectivity index (χ2n) is 8.48. The van der Waals surface area contributed by atoms with Crippen molar-refractivity contribution in [1.29, 1.82) is 0 Å². The lowest BCUT2D eigenvalue weighted by molar-refractivity contribution is 0.0719. The largest absolute Gasteiger partial charge is 0.493 e. The van der Waals surface area contributed by atoms with Crippen LogP contribution in [0.15, 0.2) is 36.4 Å². The van der Waals surface area contributed by atoms with E-state index >= 15 is 0 Å². The fourth-order valence-electron chi connectivity index (χ4n) is 4.87. The van der Waals surface area contributed by atoms with E-state index in [2.05, 4.69) is 22.9 Å². The van der Waals surface area contributed by atoms with E-state index in [1.807, 2.05) is 49.2 Å². The Morgan fingerprint density at radius 3 is 2.62 bits per heavy atom. The number of piperidine rings is 1. The maximum atomic E-state index is 13.6. The average Bonchev–Trinajstić information content (AvgIpc) is 3.23. The smallest absolute Gasteiger partial charge is 0.258 e. The fraction of sp³-hybridized carbons (Fsp3) is 0.542. The van der Waals surface area contributed by atoms with Crippen LogP contribution in [0.3, 0.4) is 0 Å². The molecule has 5 heteroatoms. The highest BCUT2D eigenvalue weighted by atomic mass is 16.5. The third kappa shape index (κ3) is 4.12. The van der Waals surface area contributed by atoms with Crippen molar-refractivity contribution < 1.29 is 9.53 Å². The van der Waals surface area contributed by atoms with Crippen molar-refractivity contribution in [2.24, 2.45) is 0 Å². The summed E-state index contributed by atoms with van der Waals surface area (Å²) in [4.78, 5) is 20.6. The van der Waals surface area contributed by atoms with E-state index in [4.69, 9.17) is 4.74 Å². The van der Waals surface area contributed by atoms with Crippen LogP contribution in [0.2, 0.25) is 0 Å². The number of hydrogen-bond acceptors (Lipinski definition) is 4. The molecule has 0 spiro atoms. The molecule has 0 N–H and O–H groups in total. The van der Waals surface area contributed by atoms with Crippen LogP contribution in [-0.4, -0.2) is 79.6 Å². The molecule has 2 aliphatic heterocycles. The van der Waals surface area contributed by atoms with Gasteiger partial charge in [-0.1, -0.05) is 30.3 Å². The van der Waals surface area contributed by atoms with Crippen LogP contribution in [0.4, 0.5) is 0 Å². The Balaban J connectivity index is 1.53. The molecular weight excluding hydrogens is 362 g/mol. The zero-order valence-electron chi connectivity index (χ0n) is 17.9. The van der Waals surface area contributed by atoms with Gasteiger partial charge in [-0.2, -0.15) is 0 Å². The first-order chi connectivity index (χ1) is 14.1. The minimum atomic E-state index is 0.0699. The number of fused-ring (bicyclic) bond motifs is 1. The normalized spacial score (nSPS) is 21.6. The van der Waals surface area contributed by atoms with E-state index in [0.29, 0.717) is 24.0 Å². The lowest BCUT2D eigenvalue weighted by Crippen LogP contribution is -2.45. The maximum Gasteiger partial charge on any atom is 0.258 e. The molecule has 0 aromatic heterocycles. The van der Waals surface area contributed by atoms with Gasteiger partial charge in [0, 0.05) is 32.2 Å². The van der Waals surface area contributed by atoms with Crippen LogP contribution in [0.5, 0.6) is 5.75 Å². The van der Waals surface area contributed by atoms with Gasteiger partial charge in [-0.25, -0.2) is 0 Å². The lowest BCUT2D eigenvalue weighted by Gasteiger charge is -2.35. The molecule has 2 aromatic carbocycles. The van der Waals surface area contributed by atoms with Gasteiger partial charge in [0.05, 0.1) is 12.2 Å². The quantitative estimate of drug-likeness (QED) is 0.777. The Morgan fingerprint density at radius 2 is 1.86 bits per heavy atom. The Bertz CT molecular complexity index is 860. The molecule has 2 heterocycles. The summed E-state index contributed by atoms with van der Waals surface area (Å²) in [5.41, 5.74) is 0.699. The number of carbonyl (C=O) groups is 1. The molecule has 1 unspecified atom stereocenters. The van der Waals surface area contributed by atoms with Gasteiger partial charge in [0.25, 0.3) is 5.91 Å². The number of ether oxygens (including phenoxy) is 1. The number of carbonyl (C=O) groups excluding carboxylic acids is 1. The summed E-state index contributed by atoms with van der Waals surface area (Å²) >= 11 is 0. The Kier molecular flexibility index (Phi) is 6.07. The number of benzene rings is 2. The van der Waals surface area contributed by atoms with E-state index in [1.165, 1.54) is 25.9 Å². The molecule has 4 rings (SSSR count). The molecular formula is C24H33N3O2. The van der Waals surface area contributed by atoms with Crippen LogP contribution in [0.25, 0.3) is 10.8 Å². The Labute approximate surface area is 174 Å². The van der Waals surface area contributed by atoms with E-state index in [1.54, 1.807) is 0 Å². The molecule has 2 fully saturated rings. The SMILES string of the molecule is CCOc1ccc2ccccc2c1C(=O)N(C)C1CCN(C2CCN(C)CC2)C1. The first-order valence-corrected chi connectivity index (χ1v) is 10.9. The topological polar surface area (TPSA) is 36.0 Å². The second-order valence-corrected chi connectivity index (χ2v) is 8.48. The molecule has 156 valence electrons. The minimum Gasteiger partial charge on any atom is -0.493 e. The zero-order chi connectivity index (χ0) is 20.4. The van der Waals surface area contributed by atoms with Crippen LogP contribution < -0.4 is 4.74 Å². The molecule has 0 radical (unpaired) electrons. The van der Waals surface area contributed by atoms with Crippen LogP contribution in [0.1, 0.15) is 36.5 Å². The summed E-state index contributed by atoms with van der Waals surface area (Å²) in [6.45, 7) is 6.93. The lowest BCUT2D eigenvalue weighted by atomic mass is 10.0. The molecule has 0 saturated carbocycles. The standard InChI is InChI=1S/C24H33N3O2/c1-4-29-22-10-9-18-7-5-6-8-21(18)23(22)24(28)26(3)20-13-16-27(17-20)19-11-14-25(2)15-12-19/h5-10,19-20H,4,11-17H2,1-3H3. The third-order valence-electron chi connectivity index (χ3n) is 6.67. The monoisotopic (exact) mass is 395 g/mol. The van der Waals surface area contributed by atoms with Crippen molar-refractivity contribution in [1.82, 2.24) is 14.7 Å². The molecule has 0 bridgehead atoms.